The van der Waals surface area contributed by atoms with Gasteiger partial charge in [-0.05, 0) is 67.5 Å². The van der Waals surface area contributed by atoms with Gasteiger partial charge in [0, 0.05) is 24.5 Å². The quantitative estimate of drug-likeness (QED) is 0.788. The van der Waals surface area contributed by atoms with Crippen LogP contribution in [0.2, 0.25) is 0 Å². The minimum absolute atomic E-state index is 0.0395. The topological polar surface area (TPSA) is 53.6 Å². The molecule has 0 radical (unpaired) electrons. The van der Waals surface area contributed by atoms with Gasteiger partial charge in [0.05, 0.1) is 13.2 Å². The van der Waals surface area contributed by atoms with Crippen molar-refractivity contribution >= 4 is 17.4 Å². The first kappa shape index (κ1) is 17.7. The van der Waals surface area contributed by atoms with Crippen molar-refractivity contribution in [2.24, 2.45) is 5.92 Å². The van der Waals surface area contributed by atoms with Crippen LogP contribution in [0.5, 0.6) is 5.75 Å². The monoisotopic (exact) mass is 365 g/mol. The van der Waals surface area contributed by atoms with Crippen LogP contribution in [0, 0.1) is 5.92 Å². The number of nitrogens with one attached hydrogen (secondary N) is 2. The van der Waals surface area contributed by atoms with Gasteiger partial charge in [-0.3, -0.25) is 0 Å². The molecule has 2 fully saturated rings. The Kier molecular flexibility index (Phi) is 5.19. The lowest BCUT2D eigenvalue weighted by Crippen LogP contribution is -2.33. The van der Waals surface area contributed by atoms with Crippen molar-refractivity contribution in [3.63, 3.8) is 0 Å². The Labute approximate surface area is 160 Å². The van der Waals surface area contributed by atoms with Gasteiger partial charge in [0.2, 0.25) is 0 Å². The van der Waals surface area contributed by atoms with E-state index in [1.165, 1.54) is 18.5 Å². The molecule has 1 saturated carbocycles. The maximum Gasteiger partial charge on any atom is 0.319 e. The Morgan fingerprint density at radius 3 is 2.52 bits per heavy atom. The van der Waals surface area contributed by atoms with Crippen molar-refractivity contribution in [2.45, 2.75) is 31.7 Å². The molecule has 1 aliphatic carbocycles. The van der Waals surface area contributed by atoms with E-state index in [4.69, 9.17) is 4.74 Å². The molecule has 1 heterocycles. The minimum Gasteiger partial charge on any atom is -0.497 e. The van der Waals surface area contributed by atoms with E-state index in [0.717, 1.165) is 42.9 Å². The average molecular weight is 365 g/mol. The molecule has 1 saturated heterocycles. The molecular weight excluding hydrogens is 338 g/mol. The first-order valence-electron chi connectivity index (χ1n) is 9.79. The fourth-order valence-corrected chi connectivity index (χ4v) is 3.78. The Bertz CT molecular complexity index is 780. The highest BCUT2D eigenvalue weighted by molar-refractivity contribution is 5.90. The smallest absolute Gasteiger partial charge is 0.319 e. The highest BCUT2D eigenvalue weighted by Crippen LogP contribution is 2.41. The van der Waals surface area contributed by atoms with Crippen LogP contribution in [0.4, 0.5) is 16.2 Å². The van der Waals surface area contributed by atoms with Gasteiger partial charge in [-0.1, -0.05) is 18.2 Å². The van der Waals surface area contributed by atoms with Gasteiger partial charge in [0.1, 0.15) is 5.75 Å². The summed E-state index contributed by atoms with van der Waals surface area (Å²) in [6, 6.07) is 16.0. The highest BCUT2D eigenvalue weighted by atomic mass is 16.5. The number of hydrogen-bond donors (Lipinski definition) is 2. The number of ether oxygens (including phenoxy) is 1. The van der Waals surface area contributed by atoms with E-state index in [2.05, 4.69) is 27.7 Å². The van der Waals surface area contributed by atoms with Gasteiger partial charge < -0.3 is 20.3 Å². The molecule has 0 spiro atoms. The first-order chi connectivity index (χ1) is 13.2. The highest BCUT2D eigenvalue weighted by Gasteiger charge is 2.33. The molecule has 2 aromatic rings. The van der Waals surface area contributed by atoms with Crippen LogP contribution in [0.3, 0.4) is 0 Å². The lowest BCUT2D eigenvalue weighted by Gasteiger charge is -2.21. The molecule has 1 atom stereocenters. The molecule has 0 bridgehead atoms. The summed E-state index contributed by atoms with van der Waals surface area (Å²) in [5, 5.41) is 6.18. The second kappa shape index (κ2) is 7.91. The Balaban J connectivity index is 1.42. The van der Waals surface area contributed by atoms with Crippen LogP contribution in [-0.2, 0) is 0 Å². The van der Waals surface area contributed by atoms with Crippen molar-refractivity contribution in [2.75, 3.05) is 30.4 Å². The first-order valence-corrected chi connectivity index (χ1v) is 9.79. The van der Waals surface area contributed by atoms with Gasteiger partial charge in [0.15, 0.2) is 0 Å². The normalized spacial score (nSPS) is 17.4. The van der Waals surface area contributed by atoms with Crippen molar-refractivity contribution in [3.05, 3.63) is 54.1 Å². The van der Waals surface area contributed by atoms with Crippen LogP contribution in [0.1, 0.15) is 37.3 Å². The second-order valence-electron chi connectivity index (χ2n) is 7.43. The summed E-state index contributed by atoms with van der Waals surface area (Å²) in [6.45, 7) is 2.19. The summed E-state index contributed by atoms with van der Waals surface area (Å²) in [6.07, 6.45) is 4.79. The molecule has 2 aromatic carbocycles. The summed E-state index contributed by atoms with van der Waals surface area (Å²) in [5.41, 5.74) is 3.14. The van der Waals surface area contributed by atoms with Crippen LogP contribution in [-0.4, -0.2) is 26.2 Å². The van der Waals surface area contributed by atoms with Gasteiger partial charge in [-0.25, -0.2) is 4.79 Å². The predicted octanol–water partition coefficient (Wildman–Crippen LogP) is 4.57. The van der Waals surface area contributed by atoms with Crippen molar-refractivity contribution in [3.8, 4) is 5.75 Å². The summed E-state index contributed by atoms with van der Waals surface area (Å²) in [5.74, 6) is 1.34. The van der Waals surface area contributed by atoms with E-state index in [0.29, 0.717) is 5.92 Å². The Morgan fingerprint density at radius 1 is 1.11 bits per heavy atom. The number of amides is 2. The molecule has 2 amide bonds. The number of hydrogen-bond acceptors (Lipinski definition) is 3. The van der Waals surface area contributed by atoms with Crippen LogP contribution < -0.4 is 20.3 Å². The number of methoxy groups -OCH3 is 1. The Hall–Kier alpha value is -2.69. The molecule has 2 aliphatic rings. The molecule has 27 heavy (non-hydrogen) atoms. The molecule has 0 aromatic heterocycles. The minimum atomic E-state index is -0.152. The molecule has 2 N–H and O–H groups in total. The number of anilines is 2. The number of benzene rings is 2. The van der Waals surface area contributed by atoms with E-state index in [-0.39, 0.29) is 12.1 Å². The fourth-order valence-electron chi connectivity index (χ4n) is 3.78. The van der Waals surface area contributed by atoms with Crippen molar-refractivity contribution in [1.29, 1.82) is 0 Å². The predicted molar refractivity (Wildman–Crippen MR) is 109 cm³/mol. The van der Waals surface area contributed by atoms with E-state index >= 15 is 0 Å². The molecule has 5 nitrogen and oxygen atoms in total. The maximum atomic E-state index is 12.6. The van der Waals surface area contributed by atoms with Crippen LogP contribution in [0.15, 0.2) is 48.5 Å². The lowest BCUT2D eigenvalue weighted by atomic mass is 10.0. The average Bonchev–Trinajstić information content (AvgIpc) is 3.39. The van der Waals surface area contributed by atoms with E-state index in [1.807, 2.05) is 36.4 Å². The molecule has 5 heteroatoms. The maximum absolute atomic E-state index is 12.6. The van der Waals surface area contributed by atoms with Gasteiger partial charge in [0.25, 0.3) is 0 Å². The number of carbonyl (C=O) groups excluding carboxylic acids is 1. The third kappa shape index (κ3) is 4.35. The fraction of sp³-hybridized carbons (Fsp3) is 0.409. The van der Waals surface area contributed by atoms with Gasteiger partial charge >= 0.3 is 6.03 Å². The third-order valence-electron chi connectivity index (χ3n) is 5.43. The van der Waals surface area contributed by atoms with Crippen LogP contribution in [0.25, 0.3) is 0 Å². The number of rotatable bonds is 6. The zero-order chi connectivity index (χ0) is 18.6. The van der Waals surface area contributed by atoms with E-state index < -0.39 is 0 Å². The Morgan fingerprint density at radius 2 is 1.85 bits per heavy atom. The molecule has 1 unspecified atom stereocenters. The molecule has 1 aliphatic heterocycles. The molecule has 4 rings (SSSR count). The number of nitrogens with zero attached hydrogens (tertiary/aromatic N) is 1. The molecular formula is C22H27N3O2. The van der Waals surface area contributed by atoms with E-state index in [9.17, 15) is 4.79 Å². The van der Waals surface area contributed by atoms with E-state index in [1.54, 1.807) is 7.11 Å². The number of urea groups is 1. The van der Waals surface area contributed by atoms with Crippen molar-refractivity contribution < 1.29 is 9.53 Å². The van der Waals surface area contributed by atoms with Gasteiger partial charge in [-0.2, -0.15) is 0 Å². The lowest BCUT2D eigenvalue weighted by molar-refractivity contribution is 0.247. The van der Waals surface area contributed by atoms with Gasteiger partial charge in [-0.15, -0.1) is 0 Å². The third-order valence-corrected chi connectivity index (χ3v) is 5.43. The summed E-state index contributed by atoms with van der Waals surface area (Å²) >= 11 is 0. The van der Waals surface area contributed by atoms with Crippen LogP contribution >= 0.6 is 0 Å². The summed E-state index contributed by atoms with van der Waals surface area (Å²) in [4.78, 5) is 15.0. The summed E-state index contributed by atoms with van der Waals surface area (Å²) < 4.78 is 5.23. The SMILES string of the molecule is COc1ccc(C(NC(=O)Nc2cccc(N3CCCC3)c2)C2CC2)cc1. The standard InChI is InChI=1S/C22H27N3O2/c1-27-20-11-9-17(10-12-20)21(16-7-8-16)24-22(26)23-18-5-4-6-19(15-18)25-13-2-3-14-25/h4-6,9-12,15-16,21H,2-3,7-8,13-14H2,1H3,(H2,23,24,26). The van der Waals surface area contributed by atoms with Crippen molar-refractivity contribution in [1.82, 2.24) is 5.32 Å². The molecule has 142 valence electrons. The zero-order valence-electron chi connectivity index (χ0n) is 15.8. The largest absolute Gasteiger partial charge is 0.497 e. The zero-order valence-corrected chi connectivity index (χ0v) is 15.8. The number of carbonyl (C=O) groups is 1. The second-order valence-corrected chi connectivity index (χ2v) is 7.43. The summed E-state index contributed by atoms with van der Waals surface area (Å²) in [7, 11) is 1.66.